The monoisotopic (exact) mass is 389 g/mol. The number of rotatable bonds is 2. The standard InChI is InChI=1S/C19H23N3O4S/c1-19(2,3)15-11-21(8-9-22(15)18(25)26)13-7-5-4-6-12(13)10-14-16(23)20-17(24)27-14/h4-7,10,15H,8-9,11H2,1-3H3,(H,25,26)(H,20,23,24). The molecule has 0 radical (unpaired) electrons. The van der Waals surface area contributed by atoms with Gasteiger partial charge in [-0.1, -0.05) is 39.0 Å². The van der Waals surface area contributed by atoms with Gasteiger partial charge in [-0.2, -0.15) is 0 Å². The number of carbonyl (C=O) groups is 3. The van der Waals surface area contributed by atoms with Crippen molar-refractivity contribution in [2.24, 2.45) is 5.41 Å². The van der Waals surface area contributed by atoms with Gasteiger partial charge in [0.2, 0.25) is 0 Å². The molecule has 1 atom stereocenters. The second-order valence-corrected chi connectivity index (χ2v) is 8.73. The van der Waals surface area contributed by atoms with Gasteiger partial charge >= 0.3 is 6.09 Å². The van der Waals surface area contributed by atoms with E-state index in [1.807, 2.05) is 45.0 Å². The van der Waals surface area contributed by atoms with E-state index in [2.05, 4.69) is 10.2 Å². The maximum atomic E-state index is 11.9. The molecule has 0 spiro atoms. The number of amides is 3. The van der Waals surface area contributed by atoms with E-state index in [9.17, 15) is 19.5 Å². The minimum atomic E-state index is -0.900. The summed E-state index contributed by atoms with van der Waals surface area (Å²) in [5.74, 6) is -0.386. The number of piperazine rings is 1. The Morgan fingerprint density at radius 3 is 2.56 bits per heavy atom. The van der Waals surface area contributed by atoms with Crippen molar-refractivity contribution in [3.63, 3.8) is 0 Å². The van der Waals surface area contributed by atoms with Crippen LogP contribution in [0.2, 0.25) is 0 Å². The van der Waals surface area contributed by atoms with E-state index in [-0.39, 0.29) is 22.6 Å². The second kappa shape index (κ2) is 7.26. The molecule has 8 heteroatoms. The lowest BCUT2D eigenvalue weighted by molar-refractivity contribution is -0.115. The third-order valence-corrected chi connectivity index (χ3v) is 5.64. The number of nitrogens with one attached hydrogen (secondary N) is 1. The topological polar surface area (TPSA) is 90.0 Å². The highest BCUT2D eigenvalue weighted by atomic mass is 32.2. The van der Waals surface area contributed by atoms with Gasteiger partial charge in [0.15, 0.2) is 0 Å². The number of hydrogen-bond donors (Lipinski definition) is 2. The number of imide groups is 1. The smallest absolute Gasteiger partial charge is 0.407 e. The Labute approximate surface area is 162 Å². The number of para-hydroxylation sites is 1. The Hall–Kier alpha value is -2.48. The summed E-state index contributed by atoms with van der Waals surface area (Å²) in [6, 6.07) is 7.50. The second-order valence-electron chi connectivity index (χ2n) is 7.71. The van der Waals surface area contributed by atoms with Crippen LogP contribution in [0.15, 0.2) is 29.2 Å². The average molecular weight is 389 g/mol. The van der Waals surface area contributed by atoms with Crippen molar-refractivity contribution in [1.29, 1.82) is 0 Å². The zero-order valence-corrected chi connectivity index (χ0v) is 16.4. The summed E-state index contributed by atoms with van der Waals surface area (Å²) in [7, 11) is 0. The van der Waals surface area contributed by atoms with E-state index in [0.717, 1.165) is 23.0 Å². The zero-order chi connectivity index (χ0) is 19.8. The number of carbonyl (C=O) groups excluding carboxylic acids is 2. The molecule has 1 aromatic rings. The molecule has 1 aromatic carbocycles. The molecule has 0 saturated carbocycles. The van der Waals surface area contributed by atoms with Crippen LogP contribution in [0.3, 0.4) is 0 Å². The van der Waals surface area contributed by atoms with Gasteiger partial charge in [-0.15, -0.1) is 0 Å². The van der Waals surface area contributed by atoms with Crippen molar-refractivity contribution in [1.82, 2.24) is 10.2 Å². The van der Waals surface area contributed by atoms with E-state index in [4.69, 9.17) is 0 Å². The summed E-state index contributed by atoms with van der Waals surface area (Å²) in [4.78, 5) is 39.0. The van der Waals surface area contributed by atoms with Gasteiger partial charge < -0.3 is 14.9 Å². The molecule has 0 bridgehead atoms. The molecule has 0 aromatic heterocycles. The third kappa shape index (κ3) is 4.10. The van der Waals surface area contributed by atoms with Gasteiger partial charge in [0.05, 0.1) is 10.9 Å². The number of thioether (sulfide) groups is 1. The van der Waals surface area contributed by atoms with E-state index in [0.29, 0.717) is 24.5 Å². The molecule has 2 fully saturated rings. The van der Waals surface area contributed by atoms with Crippen molar-refractivity contribution in [3.8, 4) is 0 Å². The van der Waals surface area contributed by atoms with Gasteiger partial charge in [0, 0.05) is 25.3 Å². The summed E-state index contributed by atoms with van der Waals surface area (Å²) < 4.78 is 0. The Balaban J connectivity index is 1.91. The average Bonchev–Trinajstić information content (AvgIpc) is 2.91. The fourth-order valence-electron chi connectivity index (χ4n) is 3.43. The number of hydrogen-bond acceptors (Lipinski definition) is 5. The van der Waals surface area contributed by atoms with Crippen molar-refractivity contribution >= 4 is 40.8 Å². The van der Waals surface area contributed by atoms with E-state index in [1.54, 1.807) is 6.08 Å². The van der Waals surface area contributed by atoms with Crippen LogP contribution >= 0.6 is 11.8 Å². The summed E-state index contributed by atoms with van der Waals surface area (Å²) >= 11 is 0.890. The van der Waals surface area contributed by atoms with Gasteiger partial charge in [-0.05, 0) is 34.9 Å². The molecule has 3 rings (SSSR count). The fourth-order valence-corrected chi connectivity index (χ4v) is 4.10. The summed E-state index contributed by atoms with van der Waals surface area (Å²) in [6.45, 7) is 7.66. The Morgan fingerprint density at radius 1 is 1.26 bits per heavy atom. The summed E-state index contributed by atoms with van der Waals surface area (Å²) in [6.07, 6.45) is 0.818. The molecule has 2 aliphatic rings. The molecule has 1 unspecified atom stereocenters. The molecular weight excluding hydrogens is 366 g/mol. The molecular formula is C19H23N3O4S. The summed E-state index contributed by atoms with van der Waals surface area (Å²) in [5, 5.41) is 11.4. The predicted molar refractivity (Wildman–Crippen MR) is 106 cm³/mol. The maximum Gasteiger partial charge on any atom is 0.407 e. The lowest BCUT2D eigenvalue weighted by Gasteiger charge is -2.47. The molecule has 0 aliphatic carbocycles. The molecule has 144 valence electrons. The van der Waals surface area contributed by atoms with E-state index >= 15 is 0 Å². The fraction of sp³-hybridized carbons (Fsp3) is 0.421. The van der Waals surface area contributed by atoms with Gasteiger partial charge in [0.25, 0.3) is 11.1 Å². The highest BCUT2D eigenvalue weighted by Crippen LogP contribution is 2.33. The maximum absolute atomic E-state index is 11.9. The molecule has 7 nitrogen and oxygen atoms in total. The Bertz CT molecular complexity index is 815. The Morgan fingerprint density at radius 2 is 1.96 bits per heavy atom. The first-order valence-corrected chi connectivity index (χ1v) is 9.57. The molecule has 2 N–H and O–H groups in total. The highest BCUT2D eigenvalue weighted by molar-refractivity contribution is 8.18. The first kappa shape index (κ1) is 19.3. The lowest BCUT2D eigenvalue weighted by atomic mass is 9.84. The van der Waals surface area contributed by atoms with Gasteiger partial charge in [0.1, 0.15) is 0 Å². The largest absolute Gasteiger partial charge is 0.465 e. The van der Waals surface area contributed by atoms with Crippen LogP contribution in [0.5, 0.6) is 0 Å². The van der Waals surface area contributed by atoms with Crippen molar-refractivity contribution in [2.75, 3.05) is 24.5 Å². The molecule has 3 amide bonds. The van der Waals surface area contributed by atoms with Gasteiger partial charge in [-0.3, -0.25) is 14.9 Å². The SMILES string of the molecule is CC(C)(C)C1CN(c2ccccc2C=C2SC(=O)NC2=O)CCN1C(=O)O. The van der Waals surface area contributed by atoms with Gasteiger partial charge in [-0.25, -0.2) is 4.79 Å². The Kier molecular flexibility index (Phi) is 5.19. The predicted octanol–water partition coefficient (Wildman–Crippen LogP) is 3.23. The number of benzene rings is 1. The van der Waals surface area contributed by atoms with Crippen molar-refractivity contribution in [3.05, 3.63) is 34.7 Å². The highest BCUT2D eigenvalue weighted by Gasteiger charge is 2.38. The zero-order valence-electron chi connectivity index (χ0n) is 15.6. The van der Waals surface area contributed by atoms with Crippen LogP contribution in [-0.2, 0) is 4.79 Å². The first-order valence-electron chi connectivity index (χ1n) is 8.75. The molecule has 2 heterocycles. The number of anilines is 1. The quantitative estimate of drug-likeness (QED) is 0.755. The number of carboxylic acid groups (broad SMARTS) is 1. The van der Waals surface area contributed by atoms with Crippen molar-refractivity contribution < 1.29 is 19.5 Å². The third-order valence-electron chi connectivity index (χ3n) is 4.83. The van der Waals surface area contributed by atoms with E-state index in [1.165, 1.54) is 4.90 Å². The first-order chi connectivity index (χ1) is 12.7. The molecule has 2 saturated heterocycles. The van der Waals surface area contributed by atoms with Crippen LogP contribution in [0.1, 0.15) is 26.3 Å². The van der Waals surface area contributed by atoms with Crippen LogP contribution in [-0.4, -0.2) is 52.9 Å². The van der Waals surface area contributed by atoms with E-state index < -0.39 is 6.09 Å². The van der Waals surface area contributed by atoms with Crippen LogP contribution in [0.25, 0.3) is 6.08 Å². The molecule has 27 heavy (non-hydrogen) atoms. The number of nitrogens with zero attached hydrogens (tertiary/aromatic N) is 2. The molecule has 2 aliphatic heterocycles. The lowest BCUT2D eigenvalue weighted by Crippen LogP contribution is -2.59. The normalized spacial score (nSPS) is 22.3. The van der Waals surface area contributed by atoms with Crippen LogP contribution < -0.4 is 10.2 Å². The minimum Gasteiger partial charge on any atom is -0.465 e. The van der Waals surface area contributed by atoms with Crippen LogP contribution in [0, 0.1) is 5.41 Å². The summed E-state index contributed by atoms with van der Waals surface area (Å²) in [5.41, 5.74) is 1.55. The minimum absolute atomic E-state index is 0.157. The van der Waals surface area contributed by atoms with Crippen LogP contribution in [0.4, 0.5) is 15.3 Å². The van der Waals surface area contributed by atoms with Crippen molar-refractivity contribution in [2.45, 2.75) is 26.8 Å².